The third kappa shape index (κ3) is 4.67. The summed E-state index contributed by atoms with van der Waals surface area (Å²) in [5.74, 6) is -0.352. The average molecular weight is 382 g/mol. The number of carbonyl (C=O) groups excluding carboxylic acids is 1. The number of rotatable bonds is 6. The van der Waals surface area contributed by atoms with Gasteiger partial charge in [-0.1, -0.05) is 12.1 Å². The van der Waals surface area contributed by atoms with Gasteiger partial charge in [-0.05, 0) is 29.8 Å². The summed E-state index contributed by atoms with van der Waals surface area (Å²) in [6.45, 7) is 0. The van der Waals surface area contributed by atoms with Crippen LogP contribution >= 0.6 is 0 Å². The lowest BCUT2D eigenvalue weighted by atomic mass is 10.1. The van der Waals surface area contributed by atoms with Gasteiger partial charge in [-0.15, -0.1) is 0 Å². The van der Waals surface area contributed by atoms with E-state index in [1.165, 1.54) is 37.2 Å². The molecule has 28 heavy (non-hydrogen) atoms. The fourth-order valence-corrected chi connectivity index (χ4v) is 2.16. The molecular formula is C18H14N4O6. The van der Waals surface area contributed by atoms with Crippen molar-refractivity contribution in [2.75, 3.05) is 14.1 Å². The van der Waals surface area contributed by atoms with Gasteiger partial charge in [0, 0.05) is 20.2 Å². The Bertz CT molecular complexity index is 1010. The molecule has 2 rings (SSSR count). The van der Waals surface area contributed by atoms with Gasteiger partial charge in [-0.3, -0.25) is 25.0 Å². The first-order chi connectivity index (χ1) is 13.2. The molecule has 0 aliphatic rings. The molecule has 2 aromatic carbocycles. The summed E-state index contributed by atoms with van der Waals surface area (Å²) in [6.07, 6.45) is 1.40. The SMILES string of the molecule is CN(C)C(=O)/C(C#N)=C\c1ccc(Oc2ccc([N+](=O)[O-])cc2[N+](=O)[O-])cc1. The minimum atomic E-state index is -0.772. The van der Waals surface area contributed by atoms with Crippen LogP contribution in [-0.4, -0.2) is 34.7 Å². The Kier molecular flexibility index (Phi) is 6.03. The van der Waals surface area contributed by atoms with Gasteiger partial charge in [0.15, 0.2) is 0 Å². The van der Waals surface area contributed by atoms with Crippen LogP contribution < -0.4 is 4.74 Å². The second-order valence-corrected chi connectivity index (χ2v) is 5.71. The Morgan fingerprint density at radius 3 is 2.25 bits per heavy atom. The molecule has 0 aliphatic carbocycles. The zero-order valence-corrected chi connectivity index (χ0v) is 14.9. The van der Waals surface area contributed by atoms with Gasteiger partial charge in [0.1, 0.15) is 17.4 Å². The van der Waals surface area contributed by atoms with E-state index in [4.69, 9.17) is 10.00 Å². The molecule has 142 valence electrons. The van der Waals surface area contributed by atoms with Crippen molar-refractivity contribution in [1.82, 2.24) is 4.90 Å². The van der Waals surface area contributed by atoms with E-state index in [0.717, 1.165) is 18.2 Å². The molecular weight excluding hydrogens is 368 g/mol. The number of amides is 1. The van der Waals surface area contributed by atoms with Crippen LogP contribution in [0.5, 0.6) is 11.5 Å². The van der Waals surface area contributed by atoms with Crippen molar-refractivity contribution >= 4 is 23.4 Å². The van der Waals surface area contributed by atoms with Crippen molar-refractivity contribution in [2.24, 2.45) is 0 Å². The fraction of sp³-hybridized carbons (Fsp3) is 0.111. The van der Waals surface area contributed by atoms with Crippen LogP contribution in [0, 0.1) is 31.6 Å². The minimum absolute atomic E-state index is 0.0512. The predicted molar refractivity (Wildman–Crippen MR) is 98.6 cm³/mol. The summed E-state index contributed by atoms with van der Waals surface area (Å²) in [5.41, 5.74) is -0.461. The summed E-state index contributed by atoms with van der Waals surface area (Å²) >= 11 is 0. The Hall–Kier alpha value is -4.26. The zero-order chi connectivity index (χ0) is 20.8. The molecule has 1 amide bonds. The first kappa shape index (κ1) is 20.1. The highest BCUT2D eigenvalue weighted by molar-refractivity contribution is 6.01. The molecule has 0 fully saturated rings. The van der Waals surface area contributed by atoms with Crippen molar-refractivity contribution in [3.8, 4) is 17.6 Å². The number of hydrogen-bond donors (Lipinski definition) is 0. The maximum absolute atomic E-state index is 11.9. The van der Waals surface area contributed by atoms with E-state index >= 15 is 0 Å². The van der Waals surface area contributed by atoms with Crippen molar-refractivity contribution in [1.29, 1.82) is 5.26 Å². The standard InChI is InChI=1S/C18H14N4O6/c1-20(2)18(23)13(11-19)9-12-3-6-15(7-4-12)28-17-8-5-14(21(24)25)10-16(17)22(26)27/h3-10H,1-2H3/b13-9-. The van der Waals surface area contributed by atoms with Crippen LogP contribution in [0.25, 0.3) is 6.08 Å². The number of nitro groups is 2. The Morgan fingerprint density at radius 1 is 1.11 bits per heavy atom. The van der Waals surface area contributed by atoms with Crippen LogP contribution in [0.4, 0.5) is 11.4 Å². The van der Waals surface area contributed by atoms with Gasteiger partial charge in [0.05, 0.1) is 15.9 Å². The van der Waals surface area contributed by atoms with E-state index in [1.807, 2.05) is 6.07 Å². The molecule has 0 aliphatic heterocycles. The number of non-ortho nitro benzene ring substituents is 1. The lowest BCUT2D eigenvalue weighted by Crippen LogP contribution is -2.22. The van der Waals surface area contributed by atoms with Crippen LogP contribution in [0.1, 0.15) is 5.56 Å². The smallest absolute Gasteiger partial charge is 0.318 e. The van der Waals surface area contributed by atoms with Crippen molar-refractivity contribution in [2.45, 2.75) is 0 Å². The second kappa shape index (κ2) is 8.41. The van der Waals surface area contributed by atoms with Gasteiger partial charge in [0.2, 0.25) is 5.75 Å². The molecule has 0 saturated carbocycles. The number of likely N-dealkylation sites (N-methyl/N-ethyl adjacent to an activating group) is 1. The number of nitro benzene ring substituents is 2. The normalized spacial score (nSPS) is 10.7. The van der Waals surface area contributed by atoms with E-state index in [2.05, 4.69) is 0 Å². The van der Waals surface area contributed by atoms with E-state index in [9.17, 15) is 25.0 Å². The number of carbonyl (C=O) groups is 1. The van der Waals surface area contributed by atoms with E-state index in [1.54, 1.807) is 12.1 Å². The van der Waals surface area contributed by atoms with Crippen LogP contribution in [0.3, 0.4) is 0 Å². The highest BCUT2D eigenvalue weighted by atomic mass is 16.6. The van der Waals surface area contributed by atoms with Gasteiger partial charge < -0.3 is 9.64 Å². The molecule has 0 atom stereocenters. The summed E-state index contributed by atoms with van der Waals surface area (Å²) in [5, 5.41) is 31.0. The molecule has 0 heterocycles. The number of nitriles is 1. The molecule has 0 radical (unpaired) electrons. The largest absolute Gasteiger partial charge is 0.450 e. The molecule has 10 nitrogen and oxygen atoms in total. The highest BCUT2D eigenvalue weighted by Gasteiger charge is 2.21. The fourth-order valence-electron chi connectivity index (χ4n) is 2.16. The quantitative estimate of drug-likeness (QED) is 0.323. The van der Waals surface area contributed by atoms with Crippen molar-refractivity contribution in [3.63, 3.8) is 0 Å². The molecule has 2 aromatic rings. The van der Waals surface area contributed by atoms with Gasteiger partial charge in [-0.2, -0.15) is 5.26 Å². The summed E-state index contributed by atoms with van der Waals surface area (Å²) < 4.78 is 5.45. The topological polar surface area (TPSA) is 140 Å². The summed E-state index contributed by atoms with van der Waals surface area (Å²) in [4.78, 5) is 33.5. The summed E-state index contributed by atoms with van der Waals surface area (Å²) in [7, 11) is 3.06. The molecule has 0 saturated heterocycles. The number of nitrogens with zero attached hydrogens (tertiary/aromatic N) is 4. The maximum Gasteiger partial charge on any atom is 0.318 e. The lowest BCUT2D eigenvalue weighted by Gasteiger charge is -2.09. The highest BCUT2D eigenvalue weighted by Crippen LogP contribution is 2.34. The number of ether oxygens (including phenoxy) is 1. The van der Waals surface area contributed by atoms with Gasteiger partial charge in [0.25, 0.3) is 11.6 Å². The van der Waals surface area contributed by atoms with E-state index in [-0.39, 0.29) is 17.1 Å². The number of benzene rings is 2. The molecule has 10 heteroatoms. The average Bonchev–Trinajstić information content (AvgIpc) is 2.66. The monoisotopic (exact) mass is 382 g/mol. The molecule has 0 unspecified atom stereocenters. The van der Waals surface area contributed by atoms with Crippen LogP contribution in [-0.2, 0) is 4.79 Å². The first-order valence-electron chi connectivity index (χ1n) is 7.77. The molecule has 0 aromatic heterocycles. The third-order valence-corrected chi connectivity index (χ3v) is 3.53. The minimum Gasteiger partial charge on any atom is -0.450 e. The molecule has 0 N–H and O–H groups in total. The first-order valence-corrected chi connectivity index (χ1v) is 7.77. The Morgan fingerprint density at radius 2 is 1.75 bits per heavy atom. The molecule has 0 spiro atoms. The second-order valence-electron chi connectivity index (χ2n) is 5.71. The van der Waals surface area contributed by atoms with Crippen LogP contribution in [0.2, 0.25) is 0 Å². The third-order valence-electron chi connectivity index (χ3n) is 3.53. The predicted octanol–water partition coefficient (Wildman–Crippen LogP) is 3.29. The zero-order valence-electron chi connectivity index (χ0n) is 14.9. The lowest BCUT2D eigenvalue weighted by molar-refractivity contribution is -0.394. The Labute approximate surface area is 159 Å². The van der Waals surface area contributed by atoms with E-state index in [0.29, 0.717) is 5.56 Å². The van der Waals surface area contributed by atoms with Crippen molar-refractivity contribution in [3.05, 3.63) is 73.8 Å². The maximum atomic E-state index is 11.9. The number of hydrogen-bond acceptors (Lipinski definition) is 7. The van der Waals surface area contributed by atoms with Crippen LogP contribution in [0.15, 0.2) is 48.0 Å². The Balaban J connectivity index is 2.28. The van der Waals surface area contributed by atoms with Crippen molar-refractivity contribution < 1.29 is 19.4 Å². The van der Waals surface area contributed by atoms with E-state index < -0.39 is 27.1 Å². The molecule has 0 bridgehead atoms. The van der Waals surface area contributed by atoms with Gasteiger partial charge in [-0.25, -0.2) is 0 Å². The summed E-state index contributed by atoms with van der Waals surface area (Å²) in [6, 6.07) is 11.0. The van der Waals surface area contributed by atoms with Gasteiger partial charge >= 0.3 is 5.69 Å².